The fourth-order valence-electron chi connectivity index (χ4n) is 1.70. The van der Waals surface area contributed by atoms with Gasteiger partial charge in [-0.25, -0.2) is 0 Å². The molecule has 94 valence electrons. The minimum atomic E-state index is -0.251. The van der Waals surface area contributed by atoms with Gasteiger partial charge >= 0.3 is 0 Å². The van der Waals surface area contributed by atoms with Crippen molar-refractivity contribution in [3.05, 3.63) is 0 Å². The van der Waals surface area contributed by atoms with Gasteiger partial charge in [-0.05, 0) is 12.3 Å². The van der Waals surface area contributed by atoms with Gasteiger partial charge in [0.25, 0.3) is 0 Å². The van der Waals surface area contributed by atoms with Crippen molar-refractivity contribution in [1.29, 1.82) is 0 Å². The standard InChI is InChI=1S/C11H22N2O3/c1-9-3-7-16-10(9)11(14)13-5-4-12-6-8-15-2/h9-10,12H,3-8H2,1-2H3,(H,13,14). The van der Waals surface area contributed by atoms with Crippen molar-refractivity contribution in [1.82, 2.24) is 10.6 Å². The van der Waals surface area contributed by atoms with Crippen LogP contribution in [-0.4, -0.2) is 52.0 Å². The molecule has 1 aliphatic rings. The maximum atomic E-state index is 11.7. The summed E-state index contributed by atoms with van der Waals surface area (Å²) < 4.78 is 10.3. The summed E-state index contributed by atoms with van der Waals surface area (Å²) in [5.41, 5.74) is 0. The molecule has 0 saturated carbocycles. The molecule has 1 heterocycles. The van der Waals surface area contributed by atoms with Gasteiger partial charge in [-0.15, -0.1) is 0 Å². The third-order valence-electron chi connectivity index (χ3n) is 2.73. The number of carbonyl (C=O) groups is 1. The lowest BCUT2D eigenvalue weighted by Crippen LogP contribution is -2.40. The quantitative estimate of drug-likeness (QED) is 0.593. The van der Waals surface area contributed by atoms with Gasteiger partial charge in [-0.1, -0.05) is 6.92 Å². The maximum Gasteiger partial charge on any atom is 0.249 e. The van der Waals surface area contributed by atoms with Crippen molar-refractivity contribution in [2.75, 3.05) is 40.0 Å². The summed E-state index contributed by atoms with van der Waals surface area (Å²) in [6.07, 6.45) is 0.725. The lowest BCUT2D eigenvalue weighted by atomic mass is 10.0. The lowest BCUT2D eigenvalue weighted by molar-refractivity contribution is -0.131. The summed E-state index contributed by atoms with van der Waals surface area (Å²) in [5, 5.41) is 6.03. The molecule has 1 amide bonds. The second kappa shape index (κ2) is 7.60. The Hall–Kier alpha value is -0.650. The zero-order chi connectivity index (χ0) is 11.8. The van der Waals surface area contributed by atoms with Gasteiger partial charge in [-0.2, -0.15) is 0 Å². The van der Waals surface area contributed by atoms with E-state index in [4.69, 9.17) is 9.47 Å². The molecular weight excluding hydrogens is 208 g/mol. The predicted molar refractivity (Wildman–Crippen MR) is 61.3 cm³/mol. The van der Waals surface area contributed by atoms with Crippen molar-refractivity contribution < 1.29 is 14.3 Å². The van der Waals surface area contributed by atoms with E-state index in [-0.39, 0.29) is 12.0 Å². The molecule has 0 aliphatic carbocycles. The van der Waals surface area contributed by atoms with E-state index >= 15 is 0 Å². The van der Waals surface area contributed by atoms with Gasteiger partial charge in [0.05, 0.1) is 6.61 Å². The number of carbonyl (C=O) groups excluding carboxylic acids is 1. The first-order valence-corrected chi connectivity index (χ1v) is 5.84. The SMILES string of the molecule is COCCNCCNC(=O)C1OCCC1C. The first-order valence-electron chi connectivity index (χ1n) is 5.84. The van der Waals surface area contributed by atoms with Crippen molar-refractivity contribution in [3.63, 3.8) is 0 Å². The van der Waals surface area contributed by atoms with Gasteiger partial charge in [-0.3, -0.25) is 4.79 Å². The molecule has 0 spiro atoms. The molecule has 1 saturated heterocycles. The minimum absolute atomic E-state index is 0.0125. The molecule has 5 heteroatoms. The molecule has 0 bridgehead atoms. The fraction of sp³-hybridized carbons (Fsp3) is 0.909. The van der Waals surface area contributed by atoms with Crippen LogP contribution in [0.3, 0.4) is 0 Å². The number of ether oxygens (including phenoxy) is 2. The third-order valence-corrected chi connectivity index (χ3v) is 2.73. The van der Waals surface area contributed by atoms with Crippen molar-refractivity contribution in [2.45, 2.75) is 19.4 Å². The summed E-state index contributed by atoms with van der Waals surface area (Å²) in [6.45, 7) is 5.64. The zero-order valence-corrected chi connectivity index (χ0v) is 10.1. The molecule has 2 unspecified atom stereocenters. The van der Waals surface area contributed by atoms with Crippen LogP contribution in [-0.2, 0) is 14.3 Å². The van der Waals surface area contributed by atoms with Crippen molar-refractivity contribution >= 4 is 5.91 Å². The normalized spacial score (nSPS) is 24.6. The van der Waals surface area contributed by atoms with Crippen LogP contribution < -0.4 is 10.6 Å². The van der Waals surface area contributed by atoms with Gasteiger partial charge in [0.15, 0.2) is 0 Å². The number of nitrogens with one attached hydrogen (secondary N) is 2. The summed E-state index contributed by atoms with van der Waals surface area (Å²) >= 11 is 0. The van der Waals surface area contributed by atoms with Gasteiger partial charge < -0.3 is 20.1 Å². The van der Waals surface area contributed by atoms with E-state index in [9.17, 15) is 4.79 Å². The first kappa shape index (κ1) is 13.4. The van der Waals surface area contributed by atoms with Crippen molar-refractivity contribution in [2.24, 2.45) is 5.92 Å². The first-order chi connectivity index (χ1) is 7.75. The predicted octanol–water partition coefficient (Wildman–Crippen LogP) is -0.236. The molecule has 2 atom stereocenters. The Morgan fingerprint density at radius 2 is 2.25 bits per heavy atom. The second-order valence-corrected chi connectivity index (χ2v) is 4.09. The molecule has 5 nitrogen and oxygen atoms in total. The largest absolute Gasteiger partial charge is 0.383 e. The summed E-state index contributed by atoms with van der Waals surface area (Å²) in [5.74, 6) is 0.347. The molecule has 0 radical (unpaired) electrons. The van der Waals surface area contributed by atoms with E-state index in [0.29, 0.717) is 25.7 Å². The van der Waals surface area contributed by atoms with Crippen LogP contribution in [0.5, 0.6) is 0 Å². The molecule has 0 aromatic rings. The molecule has 1 fully saturated rings. The average molecular weight is 230 g/mol. The fourth-order valence-corrected chi connectivity index (χ4v) is 1.70. The van der Waals surface area contributed by atoms with Crippen LogP contribution in [0.2, 0.25) is 0 Å². The van der Waals surface area contributed by atoms with Crippen LogP contribution in [0.4, 0.5) is 0 Å². The average Bonchev–Trinajstić information content (AvgIpc) is 2.69. The van der Waals surface area contributed by atoms with Crippen LogP contribution in [0, 0.1) is 5.92 Å². The van der Waals surface area contributed by atoms with Gasteiger partial charge in [0.1, 0.15) is 6.10 Å². The van der Waals surface area contributed by atoms with Crippen LogP contribution >= 0.6 is 0 Å². The highest BCUT2D eigenvalue weighted by molar-refractivity contribution is 5.81. The Bertz CT molecular complexity index is 211. The van der Waals surface area contributed by atoms with E-state index < -0.39 is 0 Å². The Morgan fingerprint density at radius 1 is 1.44 bits per heavy atom. The molecule has 1 aliphatic heterocycles. The Kier molecular flexibility index (Phi) is 6.37. The zero-order valence-electron chi connectivity index (χ0n) is 10.1. The molecule has 1 rings (SSSR count). The molecule has 0 aromatic heterocycles. The maximum absolute atomic E-state index is 11.7. The van der Waals surface area contributed by atoms with E-state index in [2.05, 4.69) is 10.6 Å². The second-order valence-electron chi connectivity index (χ2n) is 4.09. The molecular formula is C11H22N2O3. The number of hydrogen-bond acceptors (Lipinski definition) is 4. The lowest BCUT2D eigenvalue weighted by Gasteiger charge is -2.14. The van der Waals surface area contributed by atoms with Gasteiger partial charge in [0.2, 0.25) is 5.91 Å². The highest BCUT2D eigenvalue weighted by atomic mass is 16.5. The van der Waals surface area contributed by atoms with Crippen LogP contribution in [0.25, 0.3) is 0 Å². The molecule has 2 N–H and O–H groups in total. The van der Waals surface area contributed by atoms with E-state index in [0.717, 1.165) is 19.5 Å². The van der Waals surface area contributed by atoms with Crippen LogP contribution in [0.15, 0.2) is 0 Å². The summed E-state index contributed by atoms with van der Waals surface area (Å²) in [6, 6.07) is 0. The smallest absolute Gasteiger partial charge is 0.249 e. The number of methoxy groups -OCH3 is 1. The molecule has 0 aromatic carbocycles. The monoisotopic (exact) mass is 230 g/mol. The minimum Gasteiger partial charge on any atom is -0.383 e. The van der Waals surface area contributed by atoms with Gasteiger partial charge in [0, 0.05) is 33.4 Å². The van der Waals surface area contributed by atoms with Crippen LogP contribution in [0.1, 0.15) is 13.3 Å². The number of rotatable bonds is 7. The Labute approximate surface area is 96.9 Å². The Morgan fingerprint density at radius 3 is 2.88 bits per heavy atom. The highest BCUT2D eigenvalue weighted by Crippen LogP contribution is 2.19. The molecule has 16 heavy (non-hydrogen) atoms. The third kappa shape index (κ3) is 4.47. The topological polar surface area (TPSA) is 59.6 Å². The Balaban J connectivity index is 2.02. The van der Waals surface area contributed by atoms with E-state index in [1.807, 2.05) is 6.92 Å². The summed E-state index contributed by atoms with van der Waals surface area (Å²) in [4.78, 5) is 11.7. The van der Waals surface area contributed by atoms with E-state index in [1.165, 1.54) is 0 Å². The number of hydrogen-bond donors (Lipinski definition) is 2. The van der Waals surface area contributed by atoms with Crippen molar-refractivity contribution in [3.8, 4) is 0 Å². The summed E-state index contributed by atoms with van der Waals surface area (Å²) in [7, 11) is 1.67. The van der Waals surface area contributed by atoms with E-state index in [1.54, 1.807) is 7.11 Å². The highest BCUT2D eigenvalue weighted by Gasteiger charge is 2.30. The number of amides is 1.